The fourth-order valence-corrected chi connectivity index (χ4v) is 2.49. The average molecular weight is 294 g/mol. The molecule has 0 radical (unpaired) electrons. The Kier molecular flexibility index (Phi) is 5.18. The van der Waals surface area contributed by atoms with Crippen LogP contribution >= 0.6 is 0 Å². The molecule has 0 amide bonds. The van der Waals surface area contributed by atoms with Gasteiger partial charge in [0.25, 0.3) is 0 Å². The van der Waals surface area contributed by atoms with Gasteiger partial charge in [-0.2, -0.15) is 0 Å². The van der Waals surface area contributed by atoms with Crippen LogP contribution in [0.1, 0.15) is 56.5 Å². The number of hydrogen-bond donors (Lipinski definition) is 0. The monoisotopic (exact) mass is 294 g/mol. The van der Waals surface area contributed by atoms with Gasteiger partial charge < -0.3 is 0 Å². The molecule has 0 aliphatic carbocycles. The first kappa shape index (κ1) is 16.5. The van der Waals surface area contributed by atoms with E-state index >= 15 is 0 Å². The van der Waals surface area contributed by atoms with Crippen molar-refractivity contribution >= 4 is 5.78 Å². The summed E-state index contributed by atoms with van der Waals surface area (Å²) in [5.41, 5.74) is 4.21. The zero-order valence-electron chi connectivity index (χ0n) is 14.1. The van der Waals surface area contributed by atoms with Crippen molar-refractivity contribution in [3.63, 3.8) is 0 Å². The number of carbonyl (C=O) groups excluding carboxylic acids is 1. The molecule has 1 nitrogen and oxygen atoms in total. The van der Waals surface area contributed by atoms with Gasteiger partial charge >= 0.3 is 0 Å². The highest BCUT2D eigenvalue weighted by atomic mass is 16.1. The third-order valence-corrected chi connectivity index (χ3v) is 3.93. The van der Waals surface area contributed by atoms with Crippen molar-refractivity contribution in [3.05, 3.63) is 59.7 Å². The smallest absolute Gasteiger partial charge is 0.168 e. The molecule has 2 aromatic carbocycles. The first-order chi connectivity index (χ1) is 10.4. The van der Waals surface area contributed by atoms with Crippen molar-refractivity contribution < 1.29 is 4.79 Å². The summed E-state index contributed by atoms with van der Waals surface area (Å²) in [4.78, 5) is 12.3. The Bertz CT molecular complexity index is 612. The van der Waals surface area contributed by atoms with E-state index in [0.29, 0.717) is 0 Å². The van der Waals surface area contributed by atoms with Crippen molar-refractivity contribution in [1.29, 1.82) is 0 Å². The molecule has 0 fully saturated rings. The summed E-state index contributed by atoms with van der Waals surface area (Å²) >= 11 is 0. The van der Waals surface area contributed by atoms with Crippen LogP contribution in [0, 0.1) is 5.41 Å². The zero-order chi connectivity index (χ0) is 16.2. The molecule has 22 heavy (non-hydrogen) atoms. The van der Waals surface area contributed by atoms with E-state index in [1.54, 1.807) is 0 Å². The summed E-state index contributed by atoms with van der Waals surface area (Å²) in [6.45, 7) is 8.09. The van der Waals surface area contributed by atoms with Gasteiger partial charge in [0.15, 0.2) is 5.78 Å². The number of aryl methyl sites for hydroxylation is 1. The first-order valence-electron chi connectivity index (χ1n) is 8.16. The molecule has 0 heterocycles. The van der Waals surface area contributed by atoms with Gasteiger partial charge in [-0.25, -0.2) is 0 Å². The van der Waals surface area contributed by atoms with E-state index in [2.05, 4.69) is 31.2 Å². The largest absolute Gasteiger partial charge is 0.294 e. The second-order valence-electron chi connectivity index (χ2n) is 6.96. The molecule has 0 N–H and O–H groups in total. The van der Waals surface area contributed by atoms with Crippen molar-refractivity contribution in [3.8, 4) is 11.1 Å². The Balaban J connectivity index is 2.15. The van der Waals surface area contributed by atoms with Crippen LogP contribution in [0.15, 0.2) is 48.5 Å². The number of carbonyl (C=O) groups is 1. The second kappa shape index (κ2) is 6.91. The number of Topliss-reactive ketones (excluding diaryl/α,β-unsaturated/α-hetero) is 1. The molecule has 0 atom stereocenters. The summed E-state index contributed by atoms with van der Waals surface area (Å²) in [5.74, 6) is 0.189. The summed E-state index contributed by atoms with van der Waals surface area (Å²) in [6, 6.07) is 16.7. The van der Waals surface area contributed by atoms with Gasteiger partial charge in [0.05, 0.1) is 0 Å². The van der Waals surface area contributed by atoms with Crippen LogP contribution in [0.5, 0.6) is 0 Å². The van der Waals surface area contributed by atoms with Gasteiger partial charge in [-0.05, 0) is 29.5 Å². The molecule has 0 aliphatic rings. The highest BCUT2D eigenvalue weighted by Crippen LogP contribution is 2.24. The van der Waals surface area contributed by atoms with Crippen molar-refractivity contribution in [2.75, 3.05) is 0 Å². The molecule has 2 aromatic rings. The molecule has 116 valence electrons. The van der Waals surface area contributed by atoms with Crippen molar-refractivity contribution in [2.24, 2.45) is 5.41 Å². The van der Waals surface area contributed by atoms with E-state index in [1.165, 1.54) is 24.0 Å². The van der Waals surface area contributed by atoms with Gasteiger partial charge in [-0.15, -0.1) is 0 Å². The Morgan fingerprint density at radius 1 is 0.864 bits per heavy atom. The molecule has 2 rings (SSSR count). The molecule has 0 aliphatic heterocycles. The number of ketones is 1. The third kappa shape index (κ3) is 4.07. The van der Waals surface area contributed by atoms with Crippen LogP contribution in [0.4, 0.5) is 0 Å². The van der Waals surface area contributed by atoms with Gasteiger partial charge in [0.2, 0.25) is 0 Å². The number of benzene rings is 2. The van der Waals surface area contributed by atoms with Gasteiger partial charge in [-0.3, -0.25) is 4.79 Å². The van der Waals surface area contributed by atoms with Crippen LogP contribution in [-0.4, -0.2) is 5.78 Å². The Labute approximate surface area is 134 Å². The predicted octanol–water partition coefficient (Wildman–Crippen LogP) is 5.93. The zero-order valence-corrected chi connectivity index (χ0v) is 14.1. The minimum Gasteiger partial charge on any atom is -0.294 e. The minimum absolute atomic E-state index is 0.189. The van der Waals surface area contributed by atoms with Gasteiger partial charge in [0.1, 0.15) is 0 Å². The SMILES string of the molecule is CCCCc1ccc(-c2ccc(C(=O)C(C)(C)C)cc2)cc1. The Morgan fingerprint density at radius 3 is 1.82 bits per heavy atom. The number of rotatable bonds is 5. The van der Waals surface area contributed by atoms with Crippen molar-refractivity contribution in [2.45, 2.75) is 47.0 Å². The van der Waals surface area contributed by atoms with Crippen LogP contribution in [0.25, 0.3) is 11.1 Å². The van der Waals surface area contributed by atoms with E-state index in [0.717, 1.165) is 17.5 Å². The highest BCUT2D eigenvalue weighted by molar-refractivity contribution is 6.00. The lowest BCUT2D eigenvalue weighted by atomic mass is 9.86. The number of unbranched alkanes of at least 4 members (excludes halogenated alkanes) is 1. The number of hydrogen-bond acceptors (Lipinski definition) is 1. The van der Waals surface area contributed by atoms with Crippen molar-refractivity contribution in [1.82, 2.24) is 0 Å². The topological polar surface area (TPSA) is 17.1 Å². The molecule has 0 spiro atoms. The quantitative estimate of drug-likeness (QED) is 0.625. The van der Waals surface area contributed by atoms with E-state index in [4.69, 9.17) is 0 Å². The highest BCUT2D eigenvalue weighted by Gasteiger charge is 2.22. The van der Waals surface area contributed by atoms with E-state index in [-0.39, 0.29) is 11.2 Å². The maximum absolute atomic E-state index is 12.3. The van der Waals surface area contributed by atoms with Crippen LogP contribution in [0.3, 0.4) is 0 Å². The van der Waals surface area contributed by atoms with Gasteiger partial charge in [0, 0.05) is 11.0 Å². The summed E-state index contributed by atoms with van der Waals surface area (Å²) in [6.07, 6.45) is 3.61. The van der Waals surface area contributed by atoms with Crippen LogP contribution in [-0.2, 0) is 6.42 Å². The van der Waals surface area contributed by atoms with Crippen LogP contribution in [0.2, 0.25) is 0 Å². The molecular weight excluding hydrogens is 268 g/mol. The summed E-state index contributed by atoms with van der Waals surface area (Å²) in [5, 5.41) is 0. The maximum Gasteiger partial charge on any atom is 0.168 e. The van der Waals surface area contributed by atoms with Crippen LogP contribution < -0.4 is 0 Å². The summed E-state index contributed by atoms with van der Waals surface area (Å²) < 4.78 is 0. The maximum atomic E-state index is 12.3. The van der Waals surface area contributed by atoms with E-state index < -0.39 is 0 Å². The third-order valence-electron chi connectivity index (χ3n) is 3.93. The molecular formula is C21H26O. The predicted molar refractivity (Wildman–Crippen MR) is 94.3 cm³/mol. The fraction of sp³-hybridized carbons (Fsp3) is 0.381. The molecule has 0 bridgehead atoms. The lowest BCUT2D eigenvalue weighted by Crippen LogP contribution is -2.19. The average Bonchev–Trinajstić information content (AvgIpc) is 2.52. The normalized spacial score (nSPS) is 11.5. The van der Waals surface area contributed by atoms with Gasteiger partial charge in [-0.1, -0.05) is 82.6 Å². The molecule has 0 unspecified atom stereocenters. The Hall–Kier alpha value is -1.89. The molecule has 0 aromatic heterocycles. The molecule has 0 saturated heterocycles. The second-order valence-corrected chi connectivity index (χ2v) is 6.96. The minimum atomic E-state index is -0.331. The lowest BCUT2D eigenvalue weighted by molar-refractivity contribution is 0.0858. The summed E-state index contributed by atoms with van der Waals surface area (Å²) in [7, 11) is 0. The first-order valence-corrected chi connectivity index (χ1v) is 8.16. The Morgan fingerprint density at radius 2 is 1.36 bits per heavy atom. The van der Waals surface area contributed by atoms with E-state index in [1.807, 2.05) is 45.0 Å². The fourth-order valence-electron chi connectivity index (χ4n) is 2.49. The lowest BCUT2D eigenvalue weighted by Gasteiger charge is -2.16. The van der Waals surface area contributed by atoms with E-state index in [9.17, 15) is 4.79 Å². The molecule has 0 saturated carbocycles. The molecule has 1 heteroatoms. The standard InChI is InChI=1S/C21H26O/c1-5-6-7-16-8-10-17(11-9-16)18-12-14-19(15-13-18)20(22)21(2,3)4/h8-15H,5-7H2,1-4H3.